The normalized spacial score (nSPS) is 10.8. The first-order chi connectivity index (χ1) is 11.4. The Morgan fingerprint density at radius 2 is 2.12 bits per heavy atom. The van der Waals surface area contributed by atoms with Crippen LogP contribution in [0.15, 0.2) is 41.4 Å². The molecule has 0 amide bonds. The molecule has 0 saturated heterocycles. The van der Waals surface area contributed by atoms with Gasteiger partial charge in [-0.25, -0.2) is 4.79 Å². The minimum absolute atomic E-state index is 0.0178. The van der Waals surface area contributed by atoms with Crippen molar-refractivity contribution >= 4 is 35.2 Å². The Labute approximate surface area is 142 Å². The van der Waals surface area contributed by atoms with Crippen LogP contribution in [0, 0.1) is 10.1 Å². The summed E-state index contributed by atoms with van der Waals surface area (Å²) in [7, 11) is 0. The first-order valence-corrected chi connectivity index (χ1v) is 7.26. The molecule has 0 saturated carbocycles. The maximum atomic E-state index is 12.0. The van der Waals surface area contributed by atoms with Crippen LogP contribution in [0.1, 0.15) is 22.8 Å². The van der Waals surface area contributed by atoms with E-state index in [4.69, 9.17) is 16.3 Å². The molecule has 0 atom stereocenters. The van der Waals surface area contributed by atoms with Gasteiger partial charge in [-0.2, -0.15) is 0 Å². The van der Waals surface area contributed by atoms with Gasteiger partial charge in [-0.1, -0.05) is 17.7 Å². The summed E-state index contributed by atoms with van der Waals surface area (Å²) in [6.45, 7) is 1.94. The SMILES string of the molecule is CCOC(=O)c1cccc(N=Cc2cc(Cl)cc([N+](=O)[O-])c2[O-])c1. The van der Waals surface area contributed by atoms with E-state index >= 15 is 0 Å². The lowest BCUT2D eigenvalue weighted by Gasteiger charge is -2.10. The minimum Gasteiger partial charge on any atom is -0.867 e. The molecule has 0 aliphatic rings. The first-order valence-electron chi connectivity index (χ1n) is 6.88. The molecule has 124 valence electrons. The Balaban J connectivity index is 2.33. The van der Waals surface area contributed by atoms with Gasteiger partial charge in [0.15, 0.2) is 0 Å². The second-order valence-electron chi connectivity index (χ2n) is 4.63. The highest BCUT2D eigenvalue weighted by Crippen LogP contribution is 2.30. The number of nitro groups is 1. The van der Waals surface area contributed by atoms with Crippen LogP contribution in [-0.4, -0.2) is 23.7 Å². The summed E-state index contributed by atoms with van der Waals surface area (Å²) in [6.07, 6.45) is 1.17. The Kier molecular flexibility index (Phi) is 5.49. The molecule has 0 heterocycles. The van der Waals surface area contributed by atoms with Gasteiger partial charge in [0.05, 0.1) is 22.8 Å². The van der Waals surface area contributed by atoms with E-state index in [1.54, 1.807) is 25.1 Å². The molecule has 2 rings (SSSR count). The topological polar surface area (TPSA) is 105 Å². The van der Waals surface area contributed by atoms with Gasteiger partial charge in [-0.3, -0.25) is 15.1 Å². The lowest BCUT2D eigenvalue weighted by Crippen LogP contribution is -2.04. The summed E-state index contributed by atoms with van der Waals surface area (Å²) >= 11 is 5.78. The summed E-state index contributed by atoms with van der Waals surface area (Å²) < 4.78 is 4.89. The largest absolute Gasteiger partial charge is 0.867 e. The third kappa shape index (κ3) is 4.08. The molecule has 0 spiro atoms. The van der Waals surface area contributed by atoms with Gasteiger partial charge in [-0.05, 0) is 42.5 Å². The molecule has 0 aromatic heterocycles. The number of carbonyl (C=O) groups is 1. The number of benzene rings is 2. The molecule has 2 aromatic carbocycles. The van der Waals surface area contributed by atoms with Gasteiger partial charge in [0.25, 0.3) is 5.69 Å². The molecule has 0 unspecified atom stereocenters. The molecule has 0 aliphatic carbocycles. The van der Waals surface area contributed by atoms with Crippen molar-refractivity contribution in [3.05, 3.63) is 62.7 Å². The van der Waals surface area contributed by atoms with Crippen LogP contribution in [-0.2, 0) is 4.74 Å². The van der Waals surface area contributed by atoms with Crippen LogP contribution in [0.2, 0.25) is 5.02 Å². The summed E-state index contributed by atoms with van der Waals surface area (Å²) in [5.41, 5.74) is 0.0634. The van der Waals surface area contributed by atoms with Crippen LogP contribution in [0.25, 0.3) is 0 Å². The van der Waals surface area contributed by atoms with Gasteiger partial charge in [-0.15, -0.1) is 0 Å². The number of hydrogen-bond acceptors (Lipinski definition) is 6. The average Bonchev–Trinajstić information content (AvgIpc) is 2.55. The number of carbonyl (C=O) groups excluding carboxylic acids is 1. The fourth-order valence-corrected chi connectivity index (χ4v) is 2.12. The number of nitrogens with zero attached hydrogens (tertiary/aromatic N) is 2. The molecule has 7 nitrogen and oxygen atoms in total. The Morgan fingerprint density at radius 3 is 2.79 bits per heavy atom. The number of ether oxygens (including phenoxy) is 1. The number of nitro benzene ring substituents is 1. The zero-order valence-electron chi connectivity index (χ0n) is 12.6. The number of halogens is 1. The third-order valence-corrected chi connectivity index (χ3v) is 3.19. The number of aliphatic imine (C=N–C) groups is 1. The maximum absolute atomic E-state index is 12.0. The van der Waals surface area contributed by atoms with Gasteiger partial charge in [0.2, 0.25) is 0 Å². The Bertz CT molecular complexity index is 820. The summed E-state index contributed by atoms with van der Waals surface area (Å²) in [5.74, 6) is -1.27. The maximum Gasteiger partial charge on any atom is 0.338 e. The van der Waals surface area contributed by atoms with Crippen molar-refractivity contribution < 1.29 is 19.6 Å². The van der Waals surface area contributed by atoms with Crippen molar-refractivity contribution in [3.8, 4) is 5.75 Å². The standard InChI is InChI=1S/C16H13ClN2O5/c1-2-24-16(21)10-4-3-5-13(7-10)18-9-11-6-12(17)8-14(15(11)20)19(22)23/h3-9,20H,2H2,1H3/p-1. The molecule has 8 heteroatoms. The van der Waals surface area contributed by atoms with Gasteiger partial charge in [0, 0.05) is 17.3 Å². The van der Waals surface area contributed by atoms with E-state index in [9.17, 15) is 20.0 Å². The van der Waals surface area contributed by atoms with E-state index in [0.29, 0.717) is 11.3 Å². The second kappa shape index (κ2) is 7.56. The monoisotopic (exact) mass is 347 g/mol. The predicted molar refractivity (Wildman–Crippen MR) is 87.2 cm³/mol. The summed E-state index contributed by atoms with van der Waals surface area (Å²) in [4.78, 5) is 25.8. The molecule has 0 bridgehead atoms. The molecule has 0 N–H and O–H groups in total. The van der Waals surface area contributed by atoms with Crippen molar-refractivity contribution in [2.45, 2.75) is 6.92 Å². The highest BCUT2D eigenvalue weighted by molar-refractivity contribution is 6.31. The Hall–Kier alpha value is -2.93. The van der Waals surface area contributed by atoms with Crippen molar-refractivity contribution in [2.24, 2.45) is 4.99 Å². The zero-order chi connectivity index (χ0) is 17.7. The second-order valence-corrected chi connectivity index (χ2v) is 5.07. The molecule has 0 fully saturated rings. The van der Waals surface area contributed by atoms with Crippen LogP contribution in [0.3, 0.4) is 0 Å². The van der Waals surface area contributed by atoms with E-state index in [2.05, 4.69) is 4.99 Å². The quantitative estimate of drug-likeness (QED) is 0.357. The smallest absolute Gasteiger partial charge is 0.338 e. The van der Waals surface area contributed by atoms with E-state index < -0.39 is 22.3 Å². The van der Waals surface area contributed by atoms with Crippen LogP contribution < -0.4 is 5.11 Å². The third-order valence-electron chi connectivity index (χ3n) is 2.97. The molecular formula is C16H12ClN2O5-. The number of hydrogen-bond donors (Lipinski definition) is 0. The molecule has 2 aromatic rings. The number of esters is 1. The van der Waals surface area contributed by atoms with Crippen molar-refractivity contribution in [1.82, 2.24) is 0 Å². The number of rotatable bonds is 5. The molecule has 24 heavy (non-hydrogen) atoms. The molecule has 0 aliphatic heterocycles. The lowest BCUT2D eigenvalue weighted by atomic mass is 10.2. The van der Waals surface area contributed by atoms with Gasteiger partial charge >= 0.3 is 5.97 Å². The van der Waals surface area contributed by atoms with E-state index in [1.807, 2.05) is 0 Å². The Morgan fingerprint density at radius 1 is 1.38 bits per heavy atom. The highest BCUT2D eigenvalue weighted by Gasteiger charge is 2.11. The van der Waals surface area contributed by atoms with E-state index in [-0.39, 0.29) is 17.2 Å². The lowest BCUT2D eigenvalue weighted by molar-refractivity contribution is -0.398. The average molecular weight is 348 g/mol. The van der Waals surface area contributed by atoms with E-state index in [1.165, 1.54) is 18.3 Å². The summed E-state index contributed by atoms with van der Waals surface area (Å²) in [6, 6.07) is 8.55. The molecule has 0 radical (unpaired) electrons. The summed E-state index contributed by atoms with van der Waals surface area (Å²) in [5, 5.41) is 22.9. The first kappa shape index (κ1) is 17.4. The molecular weight excluding hydrogens is 336 g/mol. The zero-order valence-corrected chi connectivity index (χ0v) is 13.3. The van der Waals surface area contributed by atoms with E-state index in [0.717, 1.165) is 6.07 Å². The predicted octanol–water partition coefficient (Wildman–Crippen LogP) is 3.25. The van der Waals surface area contributed by atoms with Crippen LogP contribution in [0.5, 0.6) is 5.75 Å². The van der Waals surface area contributed by atoms with Gasteiger partial charge < -0.3 is 9.84 Å². The highest BCUT2D eigenvalue weighted by atomic mass is 35.5. The van der Waals surface area contributed by atoms with Gasteiger partial charge in [0.1, 0.15) is 0 Å². The van der Waals surface area contributed by atoms with Crippen LogP contribution >= 0.6 is 11.6 Å². The minimum atomic E-state index is -0.799. The van der Waals surface area contributed by atoms with Crippen LogP contribution in [0.4, 0.5) is 11.4 Å². The van der Waals surface area contributed by atoms with Crippen molar-refractivity contribution in [3.63, 3.8) is 0 Å². The fourth-order valence-electron chi connectivity index (χ4n) is 1.90. The fraction of sp³-hybridized carbons (Fsp3) is 0.125. The van der Waals surface area contributed by atoms with Crippen molar-refractivity contribution in [1.29, 1.82) is 0 Å². The van der Waals surface area contributed by atoms with Crippen molar-refractivity contribution in [2.75, 3.05) is 6.61 Å².